The van der Waals surface area contributed by atoms with Gasteiger partial charge in [-0.15, -0.1) is 0 Å². The van der Waals surface area contributed by atoms with Gasteiger partial charge in [0.05, 0.1) is 6.07 Å². The van der Waals surface area contributed by atoms with Gasteiger partial charge in [-0.3, -0.25) is 4.79 Å². The van der Waals surface area contributed by atoms with Crippen molar-refractivity contribution in [3.05, 3.63) is 34.9 Å². The quantitative estimate of drug-likeness (QED) is 0.904. The Bertz CT molecular complexity index is 526. The molecule has 1 amide bonds. The number of amides is 1. The van der Waals surface area contributed by atoms with E-state index in [0.29, 0.717) is 6.54 Å². The standard InChI is InChI=1S/C16H20N2O/c1-16(2,11-17)15(19)18-10-12-7-8-13-5-3-4-6-14(13)9-12/h7-9H,3-6,10H2,1-2H3,(H,18,19). The lowest BCUT2D eigenvalue weighted by Crippen LogP contribution is -2.35. The van der Waals surface area contributed by atoms with Crippen molar-refractivity contribution in [2.45, 2.75) is 46.1 Å². The van der Waals surface area contributed by atoms with E-state index in [1.807, 2.05) is 6.07 Å². The van der Waals surface area contributed by atoms with Crippen molar-refractivity contribution in [3.8, 4) is 6.07 Å². The van der Waals surface area contributed by atoms with E-state index in [4.69, 9.17) is 5.26 Å². The number of carbonyl (C=O) groups excluding carboxylic acids is 1. The van der Waals surface area contributed by atoms with Crippen LogP contribution in [-0.2, 0) is 24.2 Å². The van der Waals surface area contributed by atoms with Gasteiger partial charge in [0.25, 0.3) is 0 Å². The lowest BCUT2D eigenvalue weighted by Gasteiger charge is -2.18. The highest BCUT2D eigenvalue weighted by Gasteiger charge is 2.26. The third-order valence-corrected chi connectivity index (χ3v) is 3.71. The fourth-order valence-electron chi connectivity index (χ4n) is 2.35. The number of hydrogen-bond acceptors (Lipinski definition) is 2. The number of aryl methyl sites for hydroxylation is 2. The predicted octanol–water partition coefficient (Wildman–Crippen LogP) is 2.73. The molecule has 0 bridgehead atoms. The molecule has 0 saturated carbocycles. The largest absolute Gasteiger partial charge is 0.351 e. The summed E-state index contributed by atoms with van der Waals surface area (Å²) < 4.78 is 0. The van der Waals surface area contributed by atoms with Crippen molar-refractivity contribution >= 4 is 5.91 Å². The van der Waals surface area contributed by atoms with Gasteiger partial charge >= 0.3 is 0 Å². The van der Waals surface area contributed by atoms with Crippen molar-refractivity contribution in [1.29, 1.82) is 5.26 Å². The van der Waals surface area contributed by atoms with Crippen molar-refractivity contribution in [2.24, 2.45) is 5.41 Å². The van der Waals surface area contributed by atoms with Gasteiger partial charge in [0.2, 0.25) is 5.91 Å². The van der Waals surface area contributed by atoms with Gasteiger partial charge in [-0.05, 0) is 56.2 Å². The summed E-state index contributed by atoms with van der Waals surface area (Å²) >= 11 is 0. The highest BCUT2D eigenvalue weighted by molar-refractivity contribution is 5.84. The Morgan fingerprint density at radius 3 is 2.68 bits per heavy atom. The molecule has 1 aliphatic rings. The molecule has 3 heteroatoms. The summed E-state index contributed by atoms with van der Waals surface area (Å²) in [6.45, 7) is 3.77. The van der Waals surface area contributed by atoms with Crippen LogP contribution in [0.4, 0.5) is 0 Å². The van der Waals surface area contributed by atoms with Crippen LogP contribution < -0.4 is 5.32 Å². The van der Waals surface area contributed by atoms with Crippen LogP contribution in [0.15, 0.2) is 18.2 Å². The number of rotatable bonds is 3. The summed E-state index contributed by atoms with van der Waals surface area (Å²) in [5, 5.41) is 11.7. The van der Waals surface area contributed by atoms with E-state index < -0.39 is 5.41 Å². The van der Waals surface area contributed by atoms with E-state index in [0.717, 1.165) is 12.0 Å². The van der Waals surface area contributed by atoms with E-state index in [9.17, 15) is 4.79 Å². The molecular formula is C16H20N2O. The average molecular weight is 256 g/mol. The highest BCUT2D eigenvalue weighted by atomic mass is 16.2. The van der Waals surface area contributed by atoms with E-state index >= 15 is 0 Å². The van der Waals surface area contributed by atoms with Gasteiger partial charge in [0, 0.05) is 6.54 Å². The van der Waals surface area contributed by atoms with Gasteiger partial charge in [-0.1, -0.05) is 18.2 Å². The maximum absolute atomic E-state index is 11.8. The molecule has 1 aromatic carbocycles. The van der Waals surface area contributed by atoms with E-state index in [-0.39, 0.29) is 5.91 Å². The summed E-state index contributed by atoms with van der Waals surface area (Å²) in [5.74, 6) is -0.215. The Labute approximate surface area is 114 Å². The van der Waals surface area contributed by atoms with E-state index in [1.165, 1.54) is 30.4 Å². The lowest BCUT2D eigenvalue weighted by molar-refractivity contribution is -0.126. The molecule has 0 radical (unpaired) electrons. The minimum absolute atomic E-state index is 0.215. The maximum Gasteiger partial charge on any atom is 0.240 e. The Hall–Kier alpha value is -1.82. The van der Waals surface area contributed by atoms with Crippen LogP contribution in [0.1, 0.15) is 43.4 Å². The number of fused-ring (bicyclic) bond motifs is 1. The predicted molar refractivity (Wildman–Crippen MR) is 74.3 cm³/mol. The van der Waals surface area contributed by atoms with Gasteiger partial charge in [0.15, 0.2) is 0 Å². The van der Waals surface area contributed by atoms with Gasteiger partial charge < -0.3 is 5.32 Å². The number of nitrogens with zero attached hydrogens (tertiary/aromatic N) is 1. The molecule has 0 heterocycles. The summed E-state index contributed by atoms with van der Waals surface area (Å²) in [6.07, 6.45) is 4.84. The molecule has 0 fully saturated rings. The zero-order chi connectivity index (χ0) is 13.9. The van der Waals surface area contributed by atoms with Crippen molar-refractivity contribution in [2.75, 3.05) is 0 Å². The Kier molecular flexibility index (Phi) is 3.90. The number of nitriles is 1. The van der Waals surface area contributed by atoms with Crippen LogP contribution in [0, 0.1) is 16.7 Å². The second-order valence-corrected chi connectivity index (χ2v) is 5.73. The molecule has 1 N–H and O–H groups in total. The first-order valence-corrected chi connectivity index (χ1v) is 6.83. The Morgan fingerprint density at radius 2 is 2.00 bits per heavy atom. The Morgan fingerprint density at radius 1 is 1.32 bits per heavy atom. The fraction of sp³-hybridized carbons (Fsp3) is 0.500. The molecule has 2 rings (SSSR count). The number of carbonyl (C=O) groups is 1. The van der Waals surface area contributed by atoms with Gasteiger partial charge in [-0.25, -0.2) is 0 Å². The van der Waals surface area contributed by atoms with Crippen LogP contribution in [-0.4, -0.2) is 5.91 Å². The number of nitrogens with one attached hydrogen (secondary N) is 1. The molecule has 0 aromatic heterocycles. The second-order valence-electron chi connectivity index (χ2n) is 5.73. The van der Waals surface area contributed by atoms with Crippen LogP contribution in [0.5, 0.6) is 0 Å². The fourth-order valence-corrected chi connectivity index (χ4v) is 2.35. The molecule has 1 aromatic rings. The zero-order valence-corrected chi connectivity index (χ0v) is 11.6. The van der Waals surface area contributed by atoms with Crippen molar-refractivity contribution in [1.82, 2.24) is 5.32 Å². The lowest BCUT2D eigenvalue weighted by atomic mass is 9.90. The van der Waals surface area contributed by atoms with Gasteiger partial charge in [0.1, 0.15) is 5.41 Å². The minimum Gasteiger partial charge on any atom is -0.351 e. The summed E-state index contributed by atoms with van der Waals surface area (Å²) in [5.41, 5.74) is 3.01. The summed E-state index contributed by atoms with van der Waals surface area (Å²) in [7, 11) is 0. The molecule has 0 spiro atoms. The number of benzene rings is 1. The molecule has 100 valence electrons. The molecule has 1 aliphatic carbocycles. The highest BCUT2D eigenvalue weighted by Crippen LogP contribution is 2.22. The first-order chi connectivity index (χ1) is 9.03. The van der Waals surface area contributed by atoms with Gasteiger partial charge in [-0.2, -0.15) is 5.26 Å². The zero-order valence-electron chi connectivity index (χ0n) is 11.6. The van der Waals surface area contributed by atoms with Crippen molar-refractivity contribution < 1.29 is 4.79 Å². The minimum atomic E-state index is -0.964. The maximum atomic E-state index is 11.8. The molecule has 0 atom stereocenters. The Balaban J connectivity index is 2.01. The topological polar surface area (TPSA) is 52.9 Å². The summed E-state index contributed by atoms with van der Waals surface area (Å²) in [6, 6.07) is 8.45. The second kappa shape index (κ2) is 5.44. The van der Waals surface area contributed by atoms with Crippen molar-refractivity contribution in [3.63, 3.8) is 0 Å². The molecule has 0 unspecified atom stereocenters. The average Bonchev–Trinajstić information content (AvgIpc) is 2.44. The molecule has 0 saturated heterocycles. The molecule has 19 heavy (non-hydrogen) atoms. The van der Waals surface area contributed by atoms with Crippen LogP contribution in [0.2, 0.25) is 0 Å². The SMILES string of the molecule is CC(C)(C#N)C(=O)NCc1ccc2c(c1)CCCC2. The molecular weight excluding hydrogens is 236 g/mol. The first-order valence-electron chi connectivity index (χ1n) is 6.83. The first kappa shape index (κ1) is 13.6. The third kappa shape index (κ3) is 3.14. The van der Waals surface area contributed by atoms with Crippen LogP contribution >= 0.6 is 0 Å². The van der Waals surface area contributed by atoms with E-state index in [2.05, 4.69) is 23.5 Å². The van der Waals surface area contributed by atoms with Crippen LogP contribution in [0.3, 0.4) is 0 Å². The smallest absolute Gasteiger partial charge is 0.240 e. The van der Waals surface area contributed by atoms with E-state index in [1.54, 1.807) is 13.8 Å². The number of hydrogen-bond donors (Lipinski definition) is 1. The van der Waals surface area contributed by atoms with Crippen LogP contribution in [0.25, 0.3) is 0 Å². The molecule has 3 nitrogen and oxygen atoms in total. The normalized spacial score (nSPS) is 14.4. The third-order valence-electron chi connectivity index (χ3n) is 3.71. The monoisotopic (exact) mass is 256 g/mol. The summed E-state index contributed by atoms with van der Waals surface area (Å²) in [4.78, 5) is 11.8. The molecule has 0 aliphatic heterocycles.